The molecule has 2 fully saturated rings. The van der Waals surface area contributed by atoms with E-state index >= 15 is 0 Å². The standard InChI is InChI=1S/C19H27FO2/c1-2-3-14-4-6-15(7-5-14)17-12-21-19(22-13-17)16-8-10-18(20)11-9-16/h8-11,14-15,17,19H,2-7,12-13H2,1H3/t14-,15-,17?,19?. The van der Waals surface area contributed by atoms with Crippen LogP contribution in [0.5, 0.6) is 0 Å². The fourth-order valence-corrected chi connectivity index (χ4v) is 3.96. The third kappa shape index (κ3) is 3.88. The zero-order chi connectivity index (χ0) is 15.4. The number of benzene rings is 1. The topological polar surface area (TPSA) is 18.5 Å². The molecule has 1 saturated heterocycles. The third-order valence-electron chi connectivity index (χ3n) is 5.32. The van der Waals surface area contributed by atoms with E-state index in [-0.39, 0.29) is 12.1 Å². The van der Waals surface area contributed by atoms with Crippen LogP contribution in [0.2, 0.25) is 0 Å². The van der Waals surface area contributed by atoms with E-state index in [4.69, 9.17) is 9.47 Å². The maximum atomic E-state index is 13.0. The molecular formula is C19H27FO2. The van der Waals surface area contributed by atoms with Crippen LogP contribution in [-0.4, -0.2) is 13.2 Å². The van der Waals surface area contributed by atoms with Crippen LogP contribution in [-0.2, 0) is 9.47 Å². The molecule has 1 heterocycles. The number of ether oxygens (including phenoxy) is 2. The maximum absolute atomic E-state index is 13.0. The summed E-state index contributed by atoms with van der Waals surface area (Å²) >= 11 is 0. The highest BCUT2D eigenvalue weighted by atomic mass is 19.1. The SMILES string of the molecule is CCC[C@H]1CC[C@H](C2COC(c3ccc(F)cc3)OC2)CC1. The maximum Gasteiger partial charge on any atom is 0.183 e. The van der Waals surface area contributed by atoms with Crippen molar-refractivity contribution in [1.82, 2.24) is 0 Å². The summed E-state index contributed by atoms with van der Waals surface area (Å²) in [5.74, 6) is 2.00. The van der Waals surface area contributed by atoms with Gasteiger partial charge in [0.1, 0.15) is 5.82 Å². The summed E-state index contributed by atoms with van der Waals surface area (Å²) in [5, 5.41) is 0. The van der Waals surface area contributed by atoms with Crippen LogP contribution in [0.1, 0.15) is 57.3 Å². The molecule has 1 aliphatic heterocycles. The molecule has 0 radical (unpaired) electrons. The Morgan fingerprint density at radius 2 is 1.59 bits per heavy atom. The van der Waals surface area contributed by atoms with Crippen molar-refractivity contribution in [2.45, 2.75) is 51.7 Å². The normalized spacial score (nSPS) is 32.8. The van der Waals surface area contributed by atoms with E-state index in [1.165, 1.54) is 50.7 Å². The minimum atomic E-state index is -0.326. The Bertz CT molecular complexity index is 443. The van der Waals surface area contributed by atoms with Crippen LogP contribution in [0.25, 0.3) is 0 Å². The van der Waals surface area contributed by atoms with E-state index < -0.39 is 0 Å². The van der Waals surface area contributed by atoms with Crippen LogP contribution in [0, 0.1) is 23.6 Å². The second-order valence-electron chi connectivity index (χ2n) is 6.88. The zero-order valence-corrected chi connectivity index (χ0v) is 13.5. The molecule has 3 heteroatoms. The predicted octanol–water partition coefficient (Wildman–Crippen LogP) is 5.09. The molecule has 0 spiro atoms. The van der Waals surface area contributed by atoms with Crippen molar-refractivity contribution in [3.05, 3.63) is 35.6 Å². The van der Waals surface area contributed by atoms with Crippen molar-refractivity contribution in [2.75, 3.05) is 13.2 Å². The molecule has 1 aliphatic carbocycles. The Labute approximate surface area is 133 Å². The molecular weight excluding hydrogens is 279 g/mol. The van der Waals surface area contributed by atoms with Gasteiger partial charge in [-0.25, -0.2) is 4.39 Å². The van der Waals surface area contributed by atoms with Gasteiger partial charge in [-0.1, -0.05) is 44.7 Å². The zero-order valence-electron chi connectivity index (χ0n) is 13.5. The minimum absolute atomic E-state index is 0.221. The molecule has 0 unspecified atom stereocenters. The summed E-state index contributed by atoms with van der Waals surface area (Å²) in [7, 11) is 0. The molecule has 2 aliphatic rings. The summed E-state index contributed by atoms with van der Waals surface area (Å²) in [6, 6.07) is 6.42. The van der Waals surface area contributed by atoms with E-state index in [0.717, 1.165) is 30.6 Å². The van der Waals surface area contributed by atoms with Gasteiger partial charge in [-0.3, -0.25) is 0 Å². The van der Waals surface area contributed by atoms with Crippen LogP contribution in [0.3, 0.4) is 0 Å². The molecule has 22 heavy (non-hydrogen) atoms. The van der Waals surface area contributed by atoms with E-state index in [1.807, 2.05) is 0 Å². The molecule has 0 atom stereocenters. The molecule has 0 N–H and O–H groups in total. The number of halogens is 1. The van der Waals surface area contributed by atoms with Crippen LogP contribution in [0.15, 0.2) is 24.3 Å². The van der Waals surface area contributed by atoms with Gasteiger partial charge in [0.25, 0.3) is 0 Å². The lowest BCUT2D eigenvalue weighted by Gasteiger charge is -2.37. The number of hydrogen-bond donors (Lipinski definition) is 0. The predicted molar refractivity (Wildman–Crippen MR) is 84.9 cm³/mol. The number of rotatable bonds is 4. The molecule has 0 bridgehead atoms. The quantitative estimate of drug-likeness (QED) is 0.771. The second kappa shape index (κ2) is 7.56. The Morgan fingerprint density at radius 1 is 0.955 bits per heavy atom. The molecule has 2 nitrogen and oxygen atoms in total. The smallest absolute Gasteiger partial charge is 0.183 e. The van der Waals surface area contributed by atoms with Crippen LogP contribution < -0.4 is 0 Å². The fourth-order valence-electron chi connectivity index (χ4n) is 3.96. The lowest BCUT2D eigenvalue weighted by atomic mass is 9.75. The first kappa shape index (κ1) is 15.9. The summed E-state index contributed by atoms with van der Waals surface area (Å²) in [5.41, 5.74) is 0.909. The van der Waals surface area contributed by atoms with Gasteiger partial charge >= 0.3 is 0 Å². The van der Waals surface area contributed by atoms with E-state index in [9.17, 15) is 4.39 Å². The average molecular weight is 306 g/mol. The van der Waals surface area contributed by atoms with Gasteiger partial charge in [-0.2, -0.15) is 0 Å². The van der Waals surface area contributed by atoms with Crippen molar-refractivity contribution in [1.29, 1.82) is 0 Å². The largest absolute Gasteiger partial charge is 0.348 e. The second-order valence-corrected chi connectivity index (χ2v) is 6.88. The molecule has 1 saturated carbocycles. The van der Waals surface area contributed by atoms with Gasteiger partial charge in [-0.05, 0) is 36.8 Å². The lowest BCUT2D eigenvalue weighted by molar-refractivity contribution is -0.214. The van der Waals surface area contributed by atoms with E-state index in [2.05, 4.69) is 6.92 Å². The van der Waals surface area contributed by atoms with Crippen molar-refractivity contribution in [3.8, 4) is 0 Å². The Morgan fingerprint density at radius 3 is 2.18 bits per heavy atom. The lowest BCUT2D eigenvalue weighted by Crippen LogP contribution is -2.34. The molecule has 1 aromatic carbocycles. The highest BCUT2D eigenvalue weighted by Crippen LogP contribution is 2.38. The highest BCUT2D eigenvalue weighted by Gasteiger charge is 2.32. The van der Waals surface area contributed by atoms with E-state index in [1.54, 1.807) is 12.1 Å². The van der Waals surface area contributed by atoms with Crippen molar-refractivity contribution in [3.63, 3.8) is 0 Å². The first-order chi connectivity index (χ1) is 10.8. The Balaban J connectivity index is 1.47. The number of hydrogen-bond acceptors (Lipinski definition) is 2. The average Bonchev–Trinajstić information content (AvgIpc) is 2.57. The fraction of sp³-hybridized carbons (Fsp3) is 0.684. The molecule has 122 valence electrons. The van der Waals surface area contributed by atoms with Crippen LogP contribution >= 0.6 is 0 Å². The van der Waals surface area contributed by atoms with Crippen molar-refractivity contribution in [2.24, 2.45) is 17.8 Å². The molecule has 3 rings (SSSR count). The Hall–Kier alpha value is -0.930. The first-order valence-electron chi connectivity index (χ1n) is 8.75. The summed E-state index contributed by atoms with van der Waals surface area (Å²) in [4.78, 5) is 0. The van der Waals surface area contributed by atoms with E-state index in [0.29, 0.717) is 5.92 Å². The Kier molecular flexibility index (Phi) is 5.48. The van der Waals surface area contributed by atoms with Crippen molar-refractivity contribution < 1.29 is 13.9 Å². The minimum Gasteiger partial charge on any atom is -0.348 e. The van der Waals surface area contributed by atoms with Gasteiger partial charge in [0.15, 0.2) is 6.29 Å². The summed E-state index contributed by atoms with van der Waals surface area (Å²) in [6.45, 7) is 3.82. The first-order valence-corrected chi connectivity index (χ1v) is 8.75. The monoisotopic (exact) mass is 306 g/mol. The van der Waals surface area contributed by atoms with Gasteiger partial charge in [0.05, 0.1) is 13.2 Å². The highest BCUT2D eigenvalue weighted by molar-refractivity contribution is 5.17. The van der Waals surface area contributed by atoms with Gasteiger partial charge in [0, 0.05) is 11.5 Å². The molecule has 0 aromatic heterocycles. The third-order valence-corrected chi connectivity index (χ3v) is 5.32. The summed E-state index contributed by atoms with van der Waals surface area (Å²) in [6.07, 6.45) is 7.76. The van der Waals surface area contributed by atoms with Gasteiger partial charge in [-0.15, -0.1) is 0 Å². The summed E-state index contributed by atoms with van der Waals surface area (Å²) < 4.78 is 24.8. The molecule has 1 aromatic rings. The van der Waals surface area contributed by atoms with Crippen molar-refractivity contribution >= 4 is 0 Å². The molecule has 0 amide bonds. The van der Waals surface area contributed by atoms with Gasteiger partial charge < -0.3 is 9.47 Å². The van der Waals surface area contributed by atoms with Crippen LogP contribution in [0.4, 0.5) is 4.39 Å². The van der Waals surface area contributed by atoms with Gasteiger partial charge in [0.2, 0.25) is 0 Å².